The highest BCUT2D eigenvalue weighted by Crippen LogP contribution is 2.20. The molecule has 0 unspecified atom stereocenters. The number of nitrogens with zero attached hydrogens (tertiary/aromatic N) is 3. The molecule has 1 fully saturated rings. The van der Waals surface area contributed by atoms with Gasteiger partial charge in [-0.05, 0) is 30.7 Å². The van der Waals surface area contributed by atoms with Crippen LogP contribution in [-0.4, -0.2) is 55.0 Å². The number of hydrogen-bond donors (Lipinski definition) is 2. The van der Waals surface area contributed by atoms with Gasteiger partial charge in [0.05, 0.1) is 0 Å². The Morgan fingerprint density at radius 2 is 2.12 bits per heavy atom. The molecule has 2 rings (SSSR count). The van der Waals surface area contributed by atoms with Gasteiger partial charge < -0.3 is 16.0 Å². The van der Waals surface area contributed by atoms with E-state index in [2.05, 4.69) is 26.1 Å². The first-order valence-electron chi connectivity index (χ1n) is 7.90. The predicted octanol–water partition coefficient (Wildman–Crippen LogP) is 1.68. The number of amides is 1. The van der Waals surface area contributed by atoms with Gasteiger partial charge in [-0.2, -0.15) is 5.26 Å². The van der Waals surface area contributed by atoms with Gasteiger partial charge in [0, 0.05) is 55.6 Å². The van der Waals surface area contributed by atoms with Crippen LogP contribution in [0.5, 0.6) is 0 Å². The number of rotatable bonds is 5. The molecule has 3 N–H and O–H groups in total. The van der Waals surface area contributed by atoms with Crippen molar-refractivity contribution >= 4 is 27.5 Å². The third-order valence-electron chi connectivity index (χ3n) is 4.02. The molecule has 0 saturated carbocycles. The smallest absolute Gasteiger partial charge is 0.266 e. The normalized spacial score (nSPS) is 15.9. The predicted molar refractivity (Wildman–Crippen MR) is 98.3 cm³/mol. The summed E-state index contributed by atoms with van der Waals surface area (Å²) in [6.07, 6.45) is 1.49. The molecule has 0 atom stereocenters. The van der Waals surface area contributed by atoms with Crippen LogP contribution in [0.25, 0.3) is 0 Å². The topological polar surface area (TPSA) is 85.4 Å². The average molecular weight is 392 g/mol. The summed E-state index contributed by atoms with van der Waals surface area (Å²) >= 11 is 3.41. The first kappa shape index (κ1) is 18.5. The fraction of sp³-hybridized carbons (Fsp3) is 0.412. The Morgan fingerprint density at radius 1 is 1.42 bits per heavy atom. The second-order valence-corrected chi connectivity index (χ2v) is 6.61. The quantitative estimate of drug-likeness (QED) is 0.588. The van der Waals surface area contributed by atoms with Crippen molar-refractivity contribution in [2.45, 2.75) is 6.92 Å². The Bertz CT molecular complexity index is 659. The molecule has 0 spiro atoms. The van der Waals surface area contributed by atoms with E-state index in [9.17, 15) is 10.1 Å². The van der Waals surface area contributed by atoms with E-state index in [1.807, 2.05) is 31.2 Å². The molecular formula is C17H22BrN5O. The molecular weight excluding hydrogens is 370 g/mol. The lowest BCUT2D eigenvalue weighted by Crippen LogP contribution is -2.50. The van der Waals surface area contributed by atoms with Crippen molar-refractivity contribution in [2.24, 2.45) is 5.73 Å². The molecule has 1 aliphatic heterocycles. The van der Waals surface area contributed by atoms with Gasteiger partial charge in [-0.3, -0.25) is 9.69 Å². The number of hydrogen-bond acceptors (Lipinski definition) is 5. The number of carbonyl (C=O) groups is 1. The summed E-state index contributed by atoms with van der Waals surface area (Å²) in [7, 11) is 0. The van der Waals surface area contributed by atoms with Crippen molar-refractivity contribution in [3.63, 3.8) is 0 Å². The highest BCUT2D eigenvalue weighted by molar-refractivity contribution is 9.10. The first-order valence-corrected chi connectivity index (χ1v) is 8.69. The number of piperazine rings is 1. The molecule has 1 saturated heterocycles. The Labute approximate surface area is 151 Å². The van der Waals surface area contributed by atoms with E-state index in [1.54, 1.807) is 4.90 Å². The van der Waals surface area contributed by atoms with E-state index < -0.39 is 0 Å². The zero-order valence-electron chi connectivity index (χ0n) is 13.8. The van der Waals surface area contributed by atoms with E-state index in [4.69, 9.17) is 5.73 Å². The van der Waals surface area contributed by atoms with Crippen LogP contribution in [0, 0.1) is 18.3 Å². The summed E-state index contributed by atoms with van der Waals surface area (Å²) in [4.78, 5) is 16.4. The van der Waals surface area contributed by atoms with E-state index in [1.165, 1.54) is 6.20 Å². The van der Waals surface area contributed by atoms with Gasteiger partial charge >= 0.3 is 0 Å². The monoisotopic (exact) mass is 391 g/mol. The van der Waals surface area contributed by atoms with Gasteiger partial charge in [-0.25, -0.2) is 0 Å². The molecule has 0 aromatic heterocycles. The van der Waals surface area contributed by atoms with Crippen LogP contribution in [0.2, 0.25) is 0 Å². The minimum absolute atomic E-state index is 0.115. The van der Waals surface area contributed by atoms with E-state index in [0.717, 1.165) is 35.4 Å². The summed E-state index contributed by atoms with van der Waals surface area (Å²) in [6, 6.07) is 7.79. The summed E-state index contributed by atoms with van der Waals surface area (Å²) in [6.45, 7) is 6.25. The third-order valence-corrected chi connectivity index (χ3v) is 4.51. The van der Waals surface area contributed by atoms with Crippen molar-refractivity contribution in [3.05, 3.63) is 40.0 Å². The summed E-state index contributed by atoms with van der Waals surface area (Å²) in [5, 5.41) is 12.4. The van der Waals surface area contributed by atoms with Crippen molar-refractivity contribution in [1.82, 2.24) is 9.80 Å². The molecule has 1 aromatic carbocycles. The number of nitrogens with one attached hydrogen (secondary N) is 1. The van der Waals surface area contributed by atoms with Crippen LogP contribution in [0.15, 0.2) is 34.4 Å². The van der Waals surface area contributed by atoms with Gasteiger partial charge in [0.25, 0.3) is 5.91 Å². The molecule has 0 radical (unpaired) electrons. The van der Waals surface area contributed by atoms with Crippen LogP contribution in [0.3, 0.4) is 0 Å². The van der Waals surface area contributed by atoms with Crippen molar-refractivity contribution in [2.75, 3.05) is 44.6 Å². The number of anilines is 1. The van der Waals surface area contributed by atoms with Gasteiger partial charge in [0.2, 0.25) is 0 Å². The number of aryl methyl sites for hydroxylation is 1. The maximum atomic E-state index is 12.5. The molecule has 0 aliphatic carbocycles. The van der Waals surface area contributed by atoms with E-state index >= 15 is 0 Å². The summed E-state index contributed by atoms with van der Waals surface area (Å²) in [5.74, 6) is -0.229. The second-order valence-electron chi connectivity index (χ2n) is 5.70. The number of benzene rings is 1. The second kappa shape index (κ2) is 8.83. The average Bonchev–Trinajstić information content (AvgIpc) is 2.58. The molecule has 128 valence electrons. The lowest BCUT2D eigenvalue weighted by atomic mass is 10.2. The Hall–Kier alpha value is -1.88. The Kier molecular flexibility index (Phi) is 6.79. The SMILES string of the molecule is Cc1cc(Br)ccc1N/C=C(/C#N)C(=O)N1CCN(CCN)CC1. The van der Waals surface area contributed by atoms with Crippen molar-refractivity contribution in [1.29, 1.82) is 5.26 Å². The molecule has 24 heavy (non-hydrogen) atoms. The van der Waals surface area contributed by atoms with Crippen molar-refractivity contribution in [3.8, 4) is 6.07 Å². The third kappa shape index (κ3) is 4.81. The molecule has 6 nitrogen and oxygen atoms in total. The van der Waals surface area contributed by atoms with E-state index in [0.29, 0.717) is 19.6 Å². The molecule has 1 aromatic rings. The van der Waals surface area contributed by atoms with Crippen LogP contribution < -0.4 is 11.1 Å². The fourth-order valence-corrected chi connectivity index (χ4v) is 3.08. The number of halogens is 1. The maximum Gasteiger partial charge on any atom is 0.266 e. The van der Waals surface area contributed by atoms with Gasteiger partial charge in [0.1, 0.15) is 11.6 Å². The van der Waals surface area contributed by atoms with Gasteiger partial charge in [-0.1, -0.05) is 15.9 Å². The van der Waals surface area contributed by atoms with Crippen LogP contribution in [0.4, 0.5) is 5.69 Å². The Morgan fingerprint density at radius 3 is 2.71 bits per heavy atom. The van der Waals surface area contributed by atoms with E-state index in [-0.39, 0.29) is 11.5 Å². The standard InChI is InChI=1S/C17H22BrN5O/c1-13-10-15(18)2-3-16(13)21-12-14(11-20)17(24)23-8-6-22(5-4-19)7-9-23/h2-3,10,12,21H,4-9,19H2,1H3/b14-12-. The highest BCUT2D eigenvalue weighted by Gasteiger charge is 2.23. The summed E-state index contributed by atoms with van der Waals surface area (Å²) < 4.78 is 0.987. The molecule has 1 amide bonds. The number of carbonyl (C=O) groups excluding carboxylic acids is 1. The first-order chi connectivity index (χ1) is 11.5. The minimum atomic E-state index is -0.229. The molecule has 1 heterocycles. The van der Waals surface area contributed by atoms with Crippen LogP contribution in [0.1, 0.15) is 5.56 Å². The number of nitriles is 1. The fourth-order valence-electron chi connectivity index (χ4n) is 2.61. The minimum Gasteiger partial charge on any atom is -0.360 e. The lowest BCUT2D eigenvalue weighted by molar-refractivity contribution is -0.128. The zero-order valence-corrected chi connectivity index (χ0v) is 15.3. The molecule has 7 heteroatoms. The Balaban J connectivity index is 2.00. The van der Waals surface area contributed by atoms with Gasteiger partial charge in [-0.15, -0.1) is 0 Å². The number of nitrogens with two attached hydrogens (primary N) is 1. The van der Waals surface area contributed by atoms with Crippen LogP contribution >= 0.6 is 15.9 Å². The molecule has 1 aliphatic rings. The van der Waals surface area contributed by atoms with Crippen molar-refractivity contribution < 1.29 is 4.79 Å². The summed E-state index contributed by atoms with van der Waals surface area (Å²) in [5.41, 5.74) is 7.57. The lowest BCUT2D eigenvalue weighted by Gasteiger charge is -2.34. The molecule has 0 bridgehead atoms. The largest absolute Gasteiger partial charge is 0.360 e. The van der Waals surface area contributed by atoms with Gasteiger partial charge in [0.15, 0.2) is 0 Å². The highest BCUT2D eigenvalue weighted by atomic mass is 79.9. The maximum absolute atomic E-state index is 12.5. The van der Waals surface area contributed by atoms with Crippen LogP contribution in [-0.2, 0) is 4.79 Å². The zero-order chi connectivity index (χ0) is 17.5.